The zero-order chi connectivity index (χ0) is 50.9. The van der Waals surface area contributed by atoms with E-state index in [1.165, 1.54) is 11.1 Å². The Labute approximate surface area is 426 Å². The summed E-state index contributed by atoms with van der Waals surface area (Å²) in [4.78, 5) is 61.6. The third kappa shape index (κ3) is 14.1. The molecule has 16 nitrogen and oxygen atoms in total. The van der Waals surface area contributed by atoms with E-state index in [4.69, 9.17) is 16.3 Å². The summed E-state index contributed by atoms with van der Waals surface area (Å²) in [5, 5.41) is 24.1. The number of nitrogens with zero attached hydrogens (tertiary/aromatic N) is 6. The van der Waals surface area contributed by atoms with Gasteiger partial charge in [-0.3, -0.25) is 19.3 Å². The number of aliphatic hydroxyl groups is 1. The van der Waals surface area contributed by atoms with Gasteiger partial charge in [0.15, 0.2) is 5.82 Å². The number of hydrogen-bond donors (Lipinski definition) is 5. The van der Waals surface area contributed by atoms with Gasteiger partial charge in [-0.2, -0.15) is 4.98 Å². The number of methoxy groups -OCH3 is 1. The van der Waals surface area contributed by atoms with E-state index >= 15 is 0 Å². The number of aryl methyl sites for hydroxylation is 1. The third-order valence-electron chi connectivity index (χ3n) is 13.0. The summed E-state index contributed by atoms with van der Waals surface area (Å²) >= 11 is 8.07. The van der Waals surface area contributed by atoms with Crippen LogP contribution in [-0.4, -0.2) is 125 Å². The second kappa shape index (κ2) is 23.8. The lowest BCUT2D eigenvalue weighted by Gasteiger charge is -2.36. The number of piperazine rings is 1. The number of rotatable bonds is 20. The molecule has 19 heteroatoms. The van der Waals surface area contributed by atoms with E-state index in [0.29, 0.717) is 52.1 Å². The number of aliphatic hydroxyl groups excluding tert-OH is 1. The van der Waals surface area contributed by atoms with Crippen molar-refractivity contribution in [3.63, 3.8) is 0 Å². The average molecular weight is 1030 g/mol. The molecule has 2 aliphatic rings. The third-order valence-corrected chi connectivity index (χ3v) is 15.8. The lowest BCUT2D eigenvalue weighted by Crippen LogP contribution is -2.57. The predicted molar refractivity (Wildman–Crippen MR) is 286 cm³/mol. The first-order valence-electron chi connectivity index (χ1n) is 24.3. The quantitative estimate of drug-likeness (QED) is 0.0371. The number of β-amino-alcohol motifs (C(OH)–C–C–N with tert-alkyl or cyclic N) is 1. The summed E-state index contributed by atoms with van der Waals surface area (Å²) in [6.07, 6.45) is 4.72. The van der Waals surface area contributed by atoms with Crippen molar-refractivity contribution in [3.05, 3.63) is 94.7 Å². The van der Waals surface area contributed by atoms with Crippen molar-refractivity contribution >= 4 is 81.9 Å². The minimum Gasteiger partial charge on any atom is -0.494 e. The van der Waals surface area contributed by atoms with Gasteiger partial charge in [0.2, 0.25) is 23.7 Å². The number of thiazole rings is 1. The molecule has 2 saturated heterocycles. The second-order valence-corrected chi connectivity index (χ2v) is 24.3. The molecule has 0 saturated carbocycles. The molecule has 2 aromatic heterocycles. The molecule has 3 aromatic carbocycles. The number of para-hydroxylation sites is 1. The molecule has 1 unspecified atom stereocenters. The summed E-state index contributed by atoms with van der Waals surface area (Å²) in [5.74, 6) is 0.464. The van der Waals surface area contributed by atoms with Crippen LogP contribution in [0.1, 0.15) is 70.6 Å². The van der Waals surface area contributed by atoms with E-state index in [-0.39, 0.29) is 37.2 Å². The number of carbonyl (C=O) groups is 3. The number of nitrogens with one attached hydrogen (secondary N) is 4. The Kier molecular flexibility index (Phi) is 17.8. The molecule has 4 heterocycles. The van der Waals surface area contributed by atoms with Gasteiger partial charge in [0.05, 0.1) is 46.9 Å². The van der Waals surface area contributed by atoms with Crippen molar-refractivity contribution in [2.45, 2.75) is 91.0 Å². The molecule has 7 rings (SSSR count). The van der Waals surface area contributed by atoms with Crippen LogP contribution in [0, 0.1) is 12.3 Å². The first-order chi connectivity index (χ1) is 33.9. The largest absolute Gasteiger partial charge is 0.494 e. The fourth-order valence-corrected chi connectivity index (χ4v) is 11.1. The van der Waals surface area contributed by atoms with Crippen molar-refractivity contribution in [1.82, 2.24) is 35.4 Å². The maximum absolute atomic E-state index is 14.1. The highest BCUT2D eigenvalue weighted by Crippen LogP contribution is 2.39. The normalized spacial score (nSPS) is 16.9. The number of hydrogen-bond acceptors (Lipinski definition) is 14. The first-order valence-corrected chi connectivity index (χ1v) is 28.2. The molecule has 71 heavy (non-hydrogen) atoms. The maximum atomic E-state index is 14.1. The smallest absolute Gasteiger partial charge is 0.246 e. The van der Waals surface area contributed by atoms with Crippen LogP contribution in [0.5, 0.6) is 5.75 Å². The van der Waals surface area contributed by atoms with Crippen LogP contribution in [0.2, 0.25) is 5.02 Å². The summed E-state index contributed by atoms with van der Waals surface area (Å²) in [6, 6.07) is 19.7. The van der Waals surface area contributed by atoms with Crippen LogP contribution in [0.4, 0.5) is 28.8 Å². The lowest BCUT2D eigenvalue weighted by molar-refractivity contribution is -0.144. The van der Waals surface area contributed by atoms with E-state index < -0.39 is 30.7 Å². The number of aromatic nitrogens is 3. The molecule has 0 spiro atoms. The van der Waals surface area contributed by atoms with Gasteiger partial charge in [0, 0.05) is 69.2 Å². The predicted octanol–water partition coefficient (Wildman–Crippen LogP) is 8.19. The summed E-state index contributed by atoms with van der Waals surface area (Å²) in [6.45, 7) is 16.0. The van der Waals surface area contributed by atoms with Crippen molar-refractivity contribution in [1.29, 1.82) is 0 Å². The number of carbonyl (C=O) groups excluding carboxylic acids is 3. The zero-order valence-corrected chi connectivity index (χ0v) is 44.3. The fraction of sp³-hybridized carbons (Fsp3) is 0.462. The molecule has 0 radical (unpaired) electrons. The number of halogens is 1. The van der Waals surface area contributed by atoms with E-state index in [9.17, 15) is 24.1 Å². The van der Waals surface area contributed by atoms with Crippen molar-refractivity contribution in [2.24, 2.45) is 5.41 Å². The minimum absolute atomic E-state index is 0.0297. The van der Waals surface area contributed by atoms with Crippen LogP contribution in [0.25, 0.3) is 10.4 Å². The molecular weight excluding hydrogens is 959 g/mol. The van der Waals surface area contributed by atoms with Gasteiger partial charge in [0.1, 0.15) is 30.0 Å². The highest BCUT2D eigenvalue weighted by molar-refractivity contribution is 7.70. The van der Waals surface area contributed by atoms with Crippen LogP contribution < -0.4 is 36.2 Å². The zero-order valence-electron chi connectivity index (χ0n) is 41.8. The molecule has 2 aliphatic heterocycles. The molecule has 0 aliphatic carbocycles. The topological polar surface area (TPSA) is 194 Å². The van der Waals surface area contributed by atoms with Crippen molar-refractivity contribution in [3.8, 4) is 16.2 Å². The maximum Gasteiger partial charge on any atom is 0.246 e. The Morgan fingerprint density at radius 2 is 1.68 bits per heavy atom. The minimum atomic E-state index is -2.56. The molecule has 0 bridgehead atoms. The van der Waals surface area contributed by atoms with Crippen molar-refractivity contribution in [2.75, 3.05) is 75.2 Å². The van der Waals surface area contributed by atoms with E-state index in [0.717, 1.165) is 79.4 Å². The Balaban J connectivity index is 0.819. The van der Waals surface area contributed by atoms with Gasteiger partial charge < -0.3 is 45.5 Å². The van der Waals surface area contributed by atoms with E-state index in [1.54, 1.807) is 31.8 Å². The van der Waals surface area contributed by atoms with E-state index in [1.807, 2.05) is 93.9 Å². The molecular formula is C52H68ClN10O6PS. The van der Waals surface area contributed by atoms with Gasteiger partial charge in [-0.25, -0.2) is 9.97 Å². The molecule has 3 amide bonds. The standard InChI is InChI=1S/C52H68ClN10O6PS/c1-34-46(71-33-56-34)36-19-17-35(18-20-36)30-54-49(66)42-29-38(64)32-63(42)50(67)47(52(2,3)4)59-45(65)16-10-8-9-13-23-61-24-26-62(27-25-61)37-21-22-40(43(28-37)69-5)58-51-55-31-39(53)48(60-51)57-41-14-11-12-15-44(41)70(6,7)68/h11-12,14-15,17-22,28,31,33,38,42,47,64H,8-10,13,16,23-27,29-30,32H2,1-7H3,(H,54,66)(H,59,65)(H2,55,57,58,60)/t38-,42+,47?/m1/s1. The first kappa shape index (κ1) is 53.2. The summed E-state index contributed by atoms with van der Waals surface area (Å²) in [7, 11) is -0.931. The van der Waals surface area contributed by atoms with Crippen LogP contribution in [0.3, 0.4) is 0 Å². The number of anilines is 5. The molecule has 5 aromatic rings. The number of ether oxygens (including phenoxy) is 1. The summed E-state index contributed by atoms with van der Waals surface area (Å²) < 4.78 is 18.7. The Bertz CT molecular complexity index is 2690. The highest BCUT2D eigenvalue weighted by atomic mass is 35.5. The van der Waals surface area contributed by atoms with Gasteiger partial charge in [-0.1, -0.05) is 81.6 Å². The highest BCUT2D eigenvalue weighted by Gasteiger charge is 2.44. The fourth-order valence-electron chi connectivity index (χ4n) is 9.01. The van der Waals surface area contributed by atoms with Crippen LogP contribution >= 0.6 is 30.1 Å². The van der Waals surface area contributed by atoms with Gasteiger partial charge in [-0.05, 0) is 80.4 Å². The Morgan fingerprint density at radius 1 is 0.944 bits per heavy atom. The molecule has 3 atom stereocenters. The van der Waals surface area contributed by atoms with Gasteiger partial charge in [-0.15, -0.1) is 11.3 Å². The number of unbranched alkanes of at least 4 members (excludes halogenated alkanes) is 3. The number of likely N-dealkylation sites (tertiary alicyclic amines) is 1. The molecule has 380 valence electrons. The number of benzene rings is 3. The second-order valence-electron chi connectivity index (χ2n) is 19.8. The van der Waals surface area contributed by atoms with Crippen LogP contribution in [0.15, 0.2) is 78.4 Å². The summed E-state index contributed by atoms with van der Waals surface area (Å²) in [5.41, 5.74) is 6.58. The molecule has 2 fully saturated rings. The van der Waals surface area contributed by atoms with Crippen molar-refractivity contribution < 1.29 is 28.8 Å². The van der Waals surface area contributed by atoms with Gasteiger partial charge >= 0.3 is 0 Å². The lowest BCUT2D eigenvalue weighted by atomic mass is 9.85. The SMILES string of the molecule is COc1cc(N2CCN(CCCCCCC(=O)NC(C(=O)N3C[C@H](O)C[C@H]3C(=O)NCc3ccc(-c4scnc4C)cc3)C(C)(C)C)CC2)ccc1Nc1ncc(Cl)c(Nc2ccccc2P(C)(C)=O)n1. The van der Waals surface area contributed by atoms with E-state index in [2.05, 4.69) is 52.1 Å². The van der Waals surface area contributed by atoms with Gasteiger partial charge in [0.25, 0.3) is 0 Å². The Hall–Kier alpha value is -5.58. The Morgan fingerprint density at radius 3 is 2.37 bits per heavy atom. The van der Waals surface area contributed by atoms with Crippen LogP contribution in [-0.2, 0) is 25.5 Å². The number of amides is 3. The average Bonchev–Trinajstić information content (AvgIpc) is 3.96. The molecule has 5 N–H and O–H groups in total. The monoisotopic (exact) mass is 1030 g/mol.